The Morgan fingerprint density at radius 2 is 2.00 bits per heavy atom. The summed E-state index contributed by atoms with van der Waals surface area (Å²) in [6.45, 7) is 5.80. The average Bonchev–Trinajstić information content (AvgIpc) is 2.99. The van der Waals surface area contributed by atoms with Crippen LogP contribution in [0.1, 0.15) is 30.4 Å². The smallest absolute Gasteiger partial charge is 0.243 e. The van der Waals surface area contributed by atoms with E-state index in [1.54, 1.807) is 6.07 Å². The Bertz CT molecular complexity index is 657. The summed E-state index contributed by atoms with van der Waals surface area (Å²) in [6, 6.07) is 3.90. The molecule has 2 heterocycles. The number of rotatable bonds is 3. The summed E-state index contributed by atoms with van der Waals surface area (Å²) in [5.74, 6) is 0. The number of hydrogen-bond acceptors (Lipinski definition) is 4. The van der Waals surface area contributed by atoms with Crippen LogP contribution in [0.15, 0.2) is 17.0 Å². The molecule has 0 bridgehead atoms. The lowest BCUT2D eigenvalue weighted by molar-refractivity contribution is 0.309. The largest absolute Gasteiger partial charge is 0.398 e. The lowest BCUT2D eigenvalue weighted by atomic mass is 10.1. The van der Waals surface area contributed by atoms with Gasteiger partial charge in [-0.25, -0.2) is 13.1 Å². The Morgan fingerprint density at radius 3 is 2.76 bits per heavy atom. The molecule has 2 fully saturated rings. The van der Waals surface area contributed by atoms with E-state index in [1.807, 2.05) is 19.9 Å². The Kier molecular flexibility index (Phi) is 3.71. The number of nitrogens with one attached hydrogen (secondary N) is 1. The average molecular weight is 309 g/mol. The zero-order valence-electron chi connectivity index (χ0n) is 12.6. The first-order valence-corrected chi connectivity index (χ1v) is 9.00. The molecular formula is C15H23N3O2S. The standard InChI is InChI=1S/C15H23N3O2S/c1-10-5-6-12(16)15(11(10)2)21(19,20)17-13-7-9-18-8-3-4-14(13)18/h5-6,13-14,17H,3-4,7-9,16H2,1-2H3. The quantitative estimate of drug-likeness (QED) is 0.828. The van der Waals surface area contributed by atoms with Crippen LogP contribution in [0.5, 0.6) is 0 Å². The summed E-state index contributed by atoms with van der Waals surface area (Å²) in [4.78, 5) is 2.64. The fourth-order valence-electron chi connectivity index (χ4n) is 3.65. The molecule has 116 valence electrons. The van der Waals surface area contributed by atoms with Gasteiger partial charge in [0.25, 0.3) is 0 Å². The number of anilines is 1. The lowest BCUT2D eigenvalue weighted by Crippen LogP contribution is -2.42. The highest BCUT2D eigenvalue weighted by Crippen LogP contribution is 2.31. The number of benzene rings is 1. The van der Waals surface area contributed by atoms with E-state index in [9.17, 15) is 8.42 Å². The van der Waals surface area contributed by atoms with Crippen LogP contribution in [-0.4, -0.2) is 38.5 Å². The first-order valence-electron chi connectivity index (χ1n) is 7.52. The molecule has 0 aliphatic carbocycles. The molecule has 2 unspecified atom stereocenters. The molecule has 1 aromatic rings. The normalized spacial score (nSPS) is 26.2. The molecule has 2 saturated heterocycles. The predicted octanol–water partition coefficient (Wildman–Crippen LogP) is 1.40. The van der Waals surface area contributed by atoms with Gasteiger partial charge in [0, 0.05) is 18.6 Å². The maximum absolute atomic E-state index is 12.8. The minimum absolute atomic E-state index is 0.0109. The molecule has 2 aliphatic rings. The van der Waals surface area contributed by atoms with E-state index in [-0.39, 0.29) is 10.9 Å². The van der Waals surface area contributed by atoms with Gasteiger partial charge in [-0.2, -0.15) is 0 Å². The molecule has 0 saturated carbocycles. The molecule has 0 aromatic heterocycles. The maximum Gasteiger partial charge on any atom is 0.243 e. The van der Waals surface area contributed by atoms with Crippen LogP contribution >= 0.6 is 0 Å². The van der Waals surface area contributed by atoms with Crippen molar-refractivity contribution in [1.29, 1.82) is 0 Å². The van der Waals surface area contributed by atoms with E-state index in [4.69, 9.17) is 5.73 Å². The number of fused-ring (bicyclic) bond motifs is 1. The van der Waals surface area contributed by atoms with E-state index in [1.165, 1.54) is 0 Å². The van der Waals surface area contributed by atoms with Crippen molar-refractivity contribution in [2.75, 3.05) is 18.8 Å². The summed E-state index contributed by atoms with van der Waals surface area (Å²) in [5, 5.41) is 0. The second-order valence-corrected chi connectivity index (χ2v) is 7.84. The number of nitrogens with two attached hydrogens (primary N) is 1. The van der Waals surface area contributed by atoms with Crippen LogP contribution in [0.2, 0.25) is 0 Å². The molecular weight excluding hydrogens is 286 g/mol. The number of sulfonamides is 1. The van der Waals surface area contributed by atoms with Crippen molar-refractivity contribution in [3.05, 3.63) is 23.3 Å². The molecule has 5 nitrogen and oxygen atoms in total. The highest BCUT2D eigenvalue weighted by atomic mass is 32.2. The van der Waals surface area contributed by atoms with E-state index < -0.39 is 10.0 Å². The van der Waals surface area contributed by atoms with E-state index in [2.05, 4.69) is 9.62 Å². The summed E-state index contributed by atoms with van der Waals surface area (Å²) < 4.78 is 28.4. The summed E-state index contributed by atoms with van der Waals surface area (Å²) in [6.07, 6.45) is 3.12. The zero-order valence-corrected chi connectivity index (χ0v) is 13.4. The van der Waals surface area contributed by atoms with Crippen molar-refractivity contribution in [3.8, 4) is 0 Å². The van der Waals surface area contributed by atoms with Crippen LogP contribution in [0.25, 0.3) is 0 Å². The Labute approximate surface area is 126 Å². The fourth-order valence-corrected chi connectivity index (χ4v) is 5.38. The Morgan fingerprint density at radius 1 is 1.24 bits per heavy atom. The van der Waals surface area contributed by atoms with Crippen LogP contribution in [-0.2, 0) is 10.0 Å². The van der Waals surface area contributed by atoms with Crippen LogP contribution in [0.4, 0.5) is 5.69 Å². The highest BCUT2D eigenvalue weighted by molar-refractivity contribution is 7.89. The molecule has 3 N–H and O–H groups in total. The first kappa shape index (κ1) is 14.8. The number of hydrogen-bond donors (Lipinski definition) is 2. The second kappa shape index (κ2) is 5.26. The van der Waals surface area contributed by atoms with Gasteiger partial charge < -0.3 is 5.73 Å². The maximum atomic E-state index is 12.8. The van der Waals surface area contributed by atoms with E-state index >= 15 is 0 Å². The topological polar surface area (TPSA) is 75.4 Å². The van der Waals surface area contributed by atoms with E-state index in [0.29, 0.717) is 11.7 Å². The number of nitrogen functional groups attached to an aromatic ring is 1. The molecule has 2 atom stereocenters. The Balaban J connectivity index is 1.90. The predicted molar refractivity (Wildman–Crippen MR) is 83.6 cm³/mol. The van der Waals surface area contributed by atoms with Crippen LogP contribution < -0.4 is 10.5 Å². The number of aryl methyl sites for hydroxylation is 1. The van der Waals surface area contributed by atoms with Gasteiger partial charge in [-0.05, 0) is 56.8 Å². The van der Waals surface area contributed by atoms with Gasteiger partial charge in [0.1, 0.15) is 4.90 Å². The van der Waals surface area contributed by atoms with Crippen molar-refractivity contribution >= 4 is 15.7 Å². The van der Waals surface area contributed by atoms with Gasteiger partial charge >= 0.3 is 0 Å². The van der Waals surface area contributed by atoms with Crippen molar-refractivity contribution < 1.29 is 8.42 Å². The third-order valence-corrected chi connectivity index (χ3v) is 6.58. The van der Waals surface area contributed by atoms with Crippen molar-refractivity contribution in [3.63, 3.8) is 0 Å². The van der Waals surface area contributed by atoms with Crippen molar-refractivity contribution in [2.45, 2.75) is 50.1 Å². The third-order valence-electron chi connectivity index (χ3n) is 4.89. The molecule has 0 spiro atoms. The van der Waals surface area contributed by atoms with Gasteiger partial charge in [0.15, 0.2) is 0 Å². The first-order chi connectivity index (χ1) is 9.90. The second-order valence-electron chi connectivity index (χ2n) is 6.19. The van der Waals surface area contributed by atoms with Crippen molar-refractivity contribution in [1.82, 2.24) is 9.62 Å². The molecule has 3 rings (SSSR count). The minimum atomic E-state index is -3.57. The lowest BCUT2D eigenvalue weighted by Gasteiger charge is -2.22. The highest BCUT2D eigenvalue weighted by Gasteiger charge is 2.39. The summed E-state index contributed by atoms with van der Waals surface area (Å²) >= 11 is 0. The molecule has 0 radical (unpaired) electrons. The van der Waals surface area contributed by atoms with Gasteiger partial charge in [-0.3, -0.25) is 4.90 Å². The fraction of sp³-hybridized carbons (Fsp3) is 0.600. The Hall–Kier alpha value is -1.11. The van der Waals surface area contributed by atoms with Gasteiger partial charge in [-0.15, -0.1) is 0 Å². The van der Waals surface area contributed by atoms with Crippen molar-refractivity contribution in [2.24, 2.45) is 0 Å². The molecule has 0 amide bonds. The molecule has 6 heteroatoms. The van der Waals surface area contributed by atoms with Gasteiger partial charge in [-0.1, -0.05) is 6.07 Å². The number of nitrogens with zero attached hydrogens (tertiary/aromatic N) is 1. The summed E-state index contributed by atoms with van der Waals surface area (Å²) in [7, 11) is -3.57. The zero-order chi connectivity index (χ0) is 15.2. The van der Waals surface area contributed by atoms with Gasteiger partial charge in [0.05, 0.1) is 5.69 Å². The third kappa shape index (κ3) is 2.56. The molecule has 21 heavy (non-hydrogen) atoms. The minimum Gasteiger partial charge on any atom is -0.398 e. The summed E-state index contributed by atoms with van der Waals surface area (Å²) in [5.41, 5.74) is 7.94. The SMILES string of the molecule is Cc1ccc(N)c(S(=O)(=O)NC2CCN3CCCC23)c1C. The van der Waals surface area contributed by atoms with Crippen LogP contribution in [0, 0.1) is 13.8 Å². The van der Waals surface area contributed by atoms with E-state index in [0.717, 1.165) is 43.5 Å². The molecule has 1 aromatic carbocycles. The van der Waals surface area contributed by atoms with Gasteiger partial charge in [0.2, 0.25) is 10.0 Å². The molecule has 2 aliphatic heterocycles. The van der Waals surface area contributed by atoms with Crippen LogP contribution in [0.3, 0.4) is 0 Å². The monoisotopic (exact) mass is 309 g/mol.